The van der Waals surface area contributed by atoms with Gasteiger partial charge in [0.05, 0.1) is 4.90 Å². The second-order valence-corrected chi connectivity index (χ2v) is 10.3. The molecule has 2 atom stereocenters. The topological polar surface area (TPSA) is 119 Å². The van der Waals surface area contributed by atoms with Gasteiger partial charge in [-0.15, -0.1) is 0 Å². The normalized spacial score (nSPS) is 17.3. The Morgan fingerprint density at radius 3 is 2.67 bits per heavy atom. The Kier molecular flexibility index (Phi) is 6.57. The fourth-order valence-electron chi connectivity index (χ4n) is 4.02. The van der Waals surface area contributed by atoms with E-state index in [0.29, 0.717) is 35.8 Å². The van der Waals surface area contributed by atoms with Crippen LogP contribution in [0.3, 0.4) is 0 Å². The zero-order chi connectivity index (χ0) is 23.6. The number of carbonyl (C=O) groups is 1. The summed E-state index contributed by atoms with van der Waals surface area (Å²) in [5.74, 6) is 0.173. The molecule has 1 aliphatic heterocycles. The molecule has 1 fully saturated rings. The van der Waals surface area contributed by atoms with Crippen molar-refractivity contribution in [2.45, 2.75) is 42.7 Å². The monoisotopic (exact) mass is 472 g/mol. The second-order valence-electron chi connectivity index (χ2n) is 8.26. The van der Waals surface area contributed by atoms with Gasteiger partial charge in [0.2, 0.25) is 17.6 Å². The molecule has 0 saturated carbocycles. The van der Waals surface area contributed by atoms with E-state index in [1.807, 2.05) is 0 Å². The summed E-state index contributed by atoms with van der Waals surface area (Å²) < 4.78 is 42.6. The molecular weight excluding hydrogens is 447 g/mol. The molecule has 2 N–H and O–H groups in total. The molecule has 2 aromatic carbocycles. The standard InChI is InChI=1S/C23H25FN4O4S/c1-33(30,31)18-10-8-15(9-11-18)22-26-23(32-27-22)20-7-4-12-28(20)21(29)14-17(25)13-16-5-2-3-6-19(16)24/h2-3,5-6,8-11,17,20H,4,7,12-14,25H2,1H3. The Balaban J connectivity index is 1.43. The number of rotatable bonds is 7. The maximum absolute atomic E-state index is 13.9. The summed E-state index contributed by atoms with van der Waals surface area (Å²) in [5, 5.41) is 4.00. The highest BCUT2D eigenvalue weighted by atomic mass is 32.2. The van der Waals surface area contributed by atoms with Crippen LogP contribution >= 0.6 is 0 Å². The third kappa shape index (κ3) is 5.28. The summed E-state index contributed by atoms with van der Waals surface area (Å²) in [4.78, 5) is 19.3. The number of aromatic nitrogens is 2. The fraction of sp³-hybridized carbons (Fsp3) is 0.348. The van der Waals surface area contributed by atoms with E-state index in [9.17, 15) is 17.6 Å². The van der Waals surface area contributed by atoms with Gasteiger partial charge in [0.25, 0.3) is 0 Å². The number of benzene rings is 2. The van der Waals surface area contributed by atoms with Crippen LogP contribution in [0.4, 0.5) is 4.39 Å². The van der Waals surface area contributed by atoms with E-state index in [2.05, 4.69) is 10.1 Å². The molecule has 2 heterocycles. The zero-order valence-electron chi connectivity index (χ0n) is 18.1. The van der Waals surface area contributed by atoms with E-state index in [1.54, 1.807) is 35.2 Å². The molecule has 1 amide bonds. The molecule has 1 aliphatic rings. The predicted molar refractivity (Wildman–Crippen MR) is 119 cm³/mol. The van der Waals surface area contributed by atoms with Gasteiger partial charge in [-0.3, -0.25) is 4.79 Å². The van der Waals surface area contributed by atoms with Crippen molar-refractivity contribution < 1.29 is 22.1 Å². The number of hydrogen-bond donors (Lipinski definition) is 1. The quantitative estimate of drug-likeness (QED) is 0.561. The minimum Gasteiger partial charge on any atom is -0.337 e. The van der Waals surface area contributed by atoms with Gasteiger partial charge in [-0.1, -0.05) is 23.4 Å². The zero-order valence-corrected chi connectivity index (χ0v) is 19.0. The number of nitrogens with zero attached hydrogens (tertiary/aromatic N) is 3. The average Bonchev–Trinajstić information content (AvgIpc) is 3.44. The third-order valence-electron chi connectivity index (χ3n) is 5.72. The second kappa shape index (κ2) is 9.40. The van der Waals surface area contributed by atoms with Crippen molar-refractivity contribution in [3.63, 3.8) is 0 Å². The van der Waals surface area contributed by atoms with Crippen molar-refractivity contribution in [1.29, 1.82) is 0 Å². The molecule has 3 aromatic rings. The highest BCUT2D eigenvalue weighted by Gasteiger charge is 2.34. The third-order valence-corrected chi connectivity index (χ3v) is 6.85. The summed E-state index contributed by atoms with van der Waals surface area (Å²) in [6.45, 7) is 0.552. The number of likely N-dealkylation sites (tertiary alicyclic amines) is 1. The van der Waals surface area contributed by atoms with Crippen LogP contribution in [0.15, 0.2) is 57.9 Å². The molecule has 8 nitrogen and oxygen atoms in total. The minimum atomic E-state index is -3.30. The molecule has 1 aromatic heterocycles. The number of nitrogens with two attached hydrogens (primary N) is 1. The summed E-state index contributed by atoms with van der Waals surface area (Å²) in [5.41, 5.74) is 7.24. The van der Waals surface area contributed by atoms with Crippen molar-refractivity contribution in [2.24, 2.45) is 5.73 Å². The summed E-state index contributed by atoms with van der Waals surface area (Å²) >= 11 is 0. The molecule has 0 bridgehead atoms. The first-order chi connectivity index (χ1) is 15.7. The number of hydrogen-bond acceptors (Lipinski definition) is 7. The molecular formula is C23H25FN4O4S. The molecule has 174 valence electrons. The highest BCUT2D eigenvalue weighted by molar-refractivity contribution is 7.90. The van der Waals surface area contributed by atoms with Crippen LogP contribution in [0.1, 0.15) is 36.8 Å². The van der Waals surface area contributed by atoms with Gasteiger partial charge in [-0.25, -0.2) is 12.8 Å². The van der Waals surface area contributed by atoms with Crippen molar-refractivity contribution in [3.8, 4) is 11.4 Å². The van der Waals surface area contributed by atoms with E-state index >= 15 is 0 Å². The van der Waals surface area contributed by atoms with Gasteiger partial charge in [0.15, 0.2) is 9.84 Å². The van der Waals surface area contributed by atoms with Crippen molar-refractivity contribution in [1.82, 2.24) is 15.0 Å². The highest BCUT2D eigenvalue weighted by Crippen LogP contribution is 2.33. The van der Waals surface area contributed by atoms with Gasteiger partial charge >= 0.3 is 0 Å². The number of sulfone groups is 1. The SMILES string of the molecule is CS(=O)(=O)c1ccc(-c2noc(C3CCCN3C(=O)CC(N)Cc3ccccc3F)n2)cc1. The summed E-state index contributed by atoms with van der Waals surface area (Å²) in [6.07, 6.45) is 2.97. The lowest BCUT2D eigenvalue weighted by Gasteiger charge is -2.23. The number of amides is 1. The van der Waals surface area contributed by atoms with E-state index in [-0.39, 0.29) is 35.5 Å². The largest absolute Gasteiger partial charge is 0.337 e. The predicted octanol–water partition coefficient (Wildman–Crippen LogP) is 2.90. The first-order valence-corrected chi connectivity index (χ1v) is 12.5. The van der Waals surface area contributed by atoms with Crippen LogP contribution in [0.25, 0.3) is 11.4 Å². The molecule has 0 radical (unpaired) electrons. The Bertz CT molecular complexity index is 1240. The van der Waals surface area contributed by atoms with Crippen LogP contribution in [-0.2, 0) is 21.1 Å². The van der Waals surface area contributed by atoms with Gasteiger partial charge in [-0.05, 0) is 55.2 Å². The fourth-order valence-corrected chi connectivity index (χ4v) is 4.65. The van der Waals surface area contributed by atoms with E-state index in [4.69, 9.17) is 10.3 Å². The Morgan fingerprint density at radius 1 is 1.24 bits per heavy atom. The lowest BCUT2D eigenvalue weighted by atomic mass is 10.0. The lowest BCUT2D eigenvalue weighted by molar-refractivity contribution is -0.132. The molecule has 10 heteroatoms. The van der Waals surface area contributed by atoms with E-state index in [1.165, 1.54) is 18.2 Å². The summed E-state index contributed by atoms with van der Waals surface area (Å²) in [6, 6.07) is 11.7. The molecule has 0 aliphatic carbocycles. The molecule has 33 heavy (non-hydrogen) atoms. The molecule has 4 rings (SSSR count). The maximum Gasteiger partial charge on any atom is 0.249 e. The van der Waals surface area contributed by atoms with E-state index < -0.39 is 15.9 Å². The first kappa shape index (κ1) is 23.1. The lowest BCUT2D eigenvalue weighted by Crippen LogP contribution is -2.36. The minimum absolute atomic E-state index is 0.0821. The van der Waals surface area contributed by atoms with Crippen molar-refractivity contribution >= 4 is 15.7 Å². The number of halogens is 1. The smallest absolute Gasteiger partial charge is 0.249 e. The maximum atomic E-state index is 13.9. The van der Waals surface area contributed by atoms with Crippen molar-refractivity contribution in [2.75, 3.05) is 12.8 Å². The van der Waals surface area contributed by atoms with Crippen LogP contribution < -0.4 is 5.73 Å². The molecule has 0 spiro atoms. The number of carbonyl (C=O) groups excluding carboxylic acids is 1. The first-order valence-electron chi connectivity index (χ1n) is 10.6. The molecule has 2 unspecified atom stereocenters. The van der Waals surface area contributed by atoms with E-state index in [0.717, 1.165) is 12.7 Å². The average molecular weight is 473 g/mol. The Morgan fingerprint density at radius 2 is 1.97 bits per heavy atom. The van der Waals surface area contributed by atoms with Gasteiger partial charge in [0.1, 0.15) is 11.9 Å². The van der Waals surface area contributed by atoms with Gasteiger partial charge in [-0.2, -0.15) is 4.98 Å². The van der Waals surface area contributed by atoms with Crippen LogP contribution in [0.2, 0.25) is 0 Å². The Hall–Kier alpha value is -3.11. The molecule has 1 saturated heterocycles. The summed E-state index contributed by atoms with van der Waals surface area (Å²) in [7, 11) is -3.30. The van der Waals surface area contributed by atoms with Crippen LogP contribution in [0, 0.1) is 5.82 Å². The Labute approximate surface area is 191 Å². The van der Waals surface area contributed by atoms with Crippen LogP contribution in [0.5, 0.6) is 0 Å². The van der Waals surface area contributed by atoms with Gasteiger partial charge < -0.3 is 15.2 Å². The van der Waals surface area contributed by atoms with Gasteiger partial charge in [0, 0.05) is 30.8 Å². The van der Waals surface area contributed by atoms with Crippen LogP contribution in [-0.4, -0.2) is 48.2 Å². The van der Waals surface area contributed by atoms with Crippen molar-refractivity contribution in [3.05, 3.63) is 65.8 Å².